The summed E-state index contributed by atoms with van der Waals surface area (Å²) in [5, 5.41) is 6.19. The van der Waals surface area contributed by atoms with Crippen molar-refractivity contribution in [2.45, 2.75) is 13.5 Å². The molecule has 1 aliphatic rings. The Morgan fingerprint density at radius 3 is 2.95 bits per heavy atom. The van der Waals surface area contributed by atoms with Crippen LogP contribution in [-0.4, -0.2) is 39.3 Å². The molecule has 0 aliphatic carbocycles. The molecule has 3 N–H and O–H groups in total. The van der Waals surface area contributed by atoms with Crippen LogP contribution in [-0.2, 0) is 6.54 Å². The number of nitrogens with zero attached hydrogens (tertiary/aromatic N) is 3. The number of nitrogen functional groups attached to an aromatic ring is 1. The maximum absolute atomic E-state index is 12.3. The summed E-state index contributed by atoms with van der Waals surface area (Å²) in [6.45, 7) is 3.09. The monoisotopic (exact) mass is 289 g/mol. The molecule has 2 aromatic rings. The SMILES string of the molecule is CCN(Cc1ccc2c(c1)OCO2)C(=O)c1nc(N)n[nH]1. The fourth-order valence-electron chi connectivity index (χ4n) is 2.11. The van der Waals surface area contributed by atoms with Gasteiger partial charge >= 0.3 is 0 Å². The molecular formula is C13H15N5O3. The molecule has 1 amide bonds. The van der Waals surface area contributed by atoms with Crippen LogP contribution in [0, 0.1) is 0 Å². The van der Waals surface area contributed by atoms with Crippen molar-refractivity contribution in [3.05, 3.63) is 29.6 Å². The van der Waals surface area contributed by atoms with E-state index in [0.29, 0.717) is 18.8 Å². The van der Waals surface area contributed by atoms with Crippen molar-refractivity contribution >= 4 is 11.9 Å². The van der Waals surface area contributed by atoms with Crippen molar-refractivity contribution in [1.82, 2.24) is 20.1 Å². The summed E-state index contributed by atoms with van der Waals surface area (Å²) in [6.07, 6.45) is 0. The molecule has 0 unspecified atom stereocenters. The van der Waals surface area contributed by atoms with Crippen LogP contribution in [0.5, 0.6) is 11.5 Å². The predicted molar refractivity (Wildman–Crippen MR) is 73.8 cm³/mol. The first kappa shape index (κ1) is 13.2. The summed E-state index contributed by atoms with van der Waals surface area (Å²) in [7, 11) is 0. The number of nitrogens with one attached hydrogen (secondary N) is 1. The quantitative estimate of drug-likeness (QED) is 0.861. The first-order chi connectivity index (χ1) is 10.2. The molecule has 21 heavy (non-hydrogen) atoms. The smallest absolute Gasteiger partial charge is 0.291 e. The standard InChI is InChI=1S/C13H15N5O3/c1-2-18(12(19)11-15-13(14)17-16-11)6-8-3-4-9-10(5-8)21-7-20-9/h3-5H,2,6-7H2,1H3,(H3,14,15,16,17). The van der Waals surface area contributed by atoms with Crippen LogP contribution in [0.4, 0.5) is 5.95 Å². The summed E-state index contributed by atoms with van der Waals surface area (Å²) in [5.74, 6) is 1.35. The van der Waals surface area contributed by atoms with Gasteiger partial charge in [0.2, 0.25) is 18.6 Å². The van der Waals surface area contributed by atoms with Crippen molar-refractivity contribution in [2.24, 2.45) is 0 Å². The van der Waals surface area contributed by atoms with E-state index in [-0.39, 0.29) is 24.5 Å². The third-order valence-electron chi connectivity index (χ3n) is 3.18. The van der Waals surface area contributed by atoms with Gasteiger partial charge in [0.1, 0.15) is 0 Å². The molecule has 0 atom stereocenters. The number of hydrogen-bond donors (Lipinski definition) is 2. The largest absolute Gasteiger partial charge is 0.454 e. The molecule has 3 rings (SSSR count). The molecule has 1 aromatic carbocycles. The molecule has 2 heterocycles. The number of H-pyrrole nitrogens is 1. The number of anilines is 1. The molecular weight excluding hydrogens is 274 g/mol. The van der Waals surface area contributed by atoms with Crippen LogP contribution in [0.1, 0.15) is 23.1 Å². The van der Waals surface area contributed by atoms with E-state index in [1.807, 2.05) is 25.1 Å². The van der Waals surface area contributed by atoms with Gasteiger partial charge in [-0.1, -0.05) is 6.07 Å². The van der Waals surface area contributed by atoms with E-state index in [1.54, 1.807) is 4.90 Å². The third-order valence-corrected chi connectivity index (χ3v) is 3.18. The number of ether oxygens (including phenoxy) is 2. The lowest BCUT2D eigenvalue weighted by atomic mass is 10.2. The molecule has 0 fully saturated rings. The average molecular weight is 289 g/mol. The van der Waals surface area contributed by atoms with Crippen LogP contribution >= 0.6 is 0 Å². The van der Waals surface area contributed by atoms with Crippen LogP contribution in [0.25, 0.3) is 0 Å². The first-order valence-corrected chi connectivity index (χ1v) is 6.53. The van der Waals surface area contributed by atoms with Gasteiger partial charge in [0.05, 0.1) is 0 Å². The Kier molecular flexibility index (Phi) is 3.35. The zero-order valence-corrected chi connectivity index (χ0v) is 11.5. The molecule has 0 radical (unpaired) electrons. The second kappa shape index (κ2) is 5.31. The van der Waals surface area contributed by atoms with Gasteiger partial charge in [-0.15, -0.1) is 5.10 Å². The van der Waals surface area contributed by atoms with Crippen molar-refractivity contribution in [2.75, 3.05) is 19.1 Å². The van der Waals surface area contributed by atoms with Gasteiger partial charge in [-0.2, -0.15) is 4.98 Å². The fraction of sp³-hybridized carbons (Fsp3) is 0.308. The van der Waals surface area contributed by atoms with Gasteiger partial charge in [-0.3, -0.25) is 9.89 Å². The van der Waals surface area contributed by atoms with Gasteiger partial charge < -0.3 is 20.1 Å². The lowest BCUT2D eigenvalue weighted by Gasteiger charge is -2.19. The van der Waals surface area contributed by atoms with E-state index in [0.717, 1.165) is 11.3 Å². The zero-order valence-electron chi connectivity index (χ0n) is 11.5. The molecule has 0 bridgehead atoms. The maximum Gasteiger partial charge on any atom is 0.291 e. The number of carbonyl (C=O) groups is 1. The Morgan fingerprint density at radius 1 is 1.43 bits per heavy atom. The summed E-state index contributed by atoms with van der Waals surface area (Å²) < 4.78 is 10.6. The first-order valence-electron chi connectivity index (χ1n) is 6.53. The number of aromatic amines is 1. The van der Waals surface area contributed by atoms with E-state index in [1.165, 1.54) is 0 Å². The zero-order chi connectivity index (χ0) is 14.8. The Hall–Kier alpha value is -2.77. The number of hydrogen-bond acceptors (Lipinski definition) is 6. The minimum Gasteiger partial charge on any atom is -0.454 e. The van der Waals surface area contributed by atoms with Crippen LogP contribution < -0.4 is 15.2 Å². The van der Waals surface area contributed by atoms with Crippen LogP contribution in [0.3, 0.4) is 0 Å². The van der Waals surface area contributed by atoms with Gasteiger partial charge in [0, 0.05) is 13.1 Å². The molecule has 0 saturated heterocycles. The summed E-state index contributed by atoms with van der Waals surface area (Å²) in [5.41, 5.74) is 6.36. The normalized spacial score (nSPS) is 12.4. The van der Waals surface area contributed by atoms with Crippen molar-refractivity contribution in [3.8, 4) is 11.5 Å². The molecule has 1 aromatic heterocycles. The van der Waals surface area contributed by atoms with Gasteiger partial charge in [-0.05, 0) is 24.6 Å². The maximum atomic E-state index is 12.3. The van der Waals surface area contributed by atoms with E-state index >= 15 is 0 Å². The molecule has 8 heteroatoms. The molecule has 1 aliphatic heterocycles. The Balaban J connectivity index is 1.76. The number of fused-ring (bicyclic) bond motifs is 1. The number of aromatic nitrogens is 3. The number of nitrogens with two attached hydrogens (primary N) is 1. The number of rotatable bonds is 4. The fourth-order valence-corrected chi connectivity index (χ4v) is 2.11. The Morgan fingerprint density at radius 2 is 2.24 bits per heavy atom. The third kappa shape index (κ3) is 2.60. The second-order valence-electron chi connectivity index (χ2n) is 4.55. The summed E-state index contributed by atoms with van der Waals surface area (Å²) in [6, 6.07) is 5.60. The number of amides is 1. The molecule has 8 nitrogen and oxygen atoms in total. The van der Waals surface area contributed by atoms with E-state index in [2.05, 4.69) is 15.2 Å². The summed E-state index contributed by atoms with van der Waals surface area (Å²) in [4.78, 5) is 17.8. The van der Waals surface area contributed by atoms with Crippen molar-refractivity contribution < 1.29 is 14.3 Å². The van der Waals surface area contributed by atoms with Gasteiger partial charge in [0.15, 0.2) is 11.5 Å². The second-order valence-corrected chi connectivity index (χ2v) is 4.55. The highest BCUT2D eigenvalue weighted by molar-refractivity contribution is 5.90. The van der Waals surface area contributed by atoms with E-state index in [4.69, 9.17) is 15.2 Å². The van der Waals surface area contributed by atoms with Crippen LogP contribution in [0.15, 0.2) is 18.2 Å². The van der Waals surface area contributed by atoms with Crippen LogP contribution in [0.2, 0.25) is 0 Å². The Labute approximate surface area is 120 Å². The van der Waals surface area contributed by atoms with Crippen molar-refractivity contribution in [3.63, 3.8) is 0 Å². The predicted octanol–water partition coefficient (Wildman–Crippen LogP) is 0.778. The lowest BCUT2D eigenvalue weighted by molar-refractivity contribution is 0.0740. The topological polar surface area (TPSA) is 106 Å². The van der Waals surface area contributed by atoms with Gasteiger partial charge in [0.25, 0.3) is 5.91 Å². The molecule has 110 valence electrons. The molecule has 0 spiro atoms. The van der Waals surface area contributed by atoms with E-state index in [9.17, 15) is 4.79 Å². The highest BCUT2D eigenvalue weighted by atomic mass is 16.7. The Bertz CT molecular complexity index is 670. The highest BCUT2D eigenvalue weighted by Crippen LogP contribution is 2.32. The van der Waals surface area contributed by atoms with Gasteiger partial charge in [-0.25, -0.2) is 0 Å². The highest BCUT2D eigenvalue weighted by Gasteiger charge is 2.20. The van der Waals surface area contributed by atoms with E-state index < -0.39 is 0 Å². The lowest BCUT2D eigenvalue weighted by Crippen LogP contribution is -2.31. The minimum atomic E-state index is -0.251. The number of benzene rings is 1. The minimum absolute atomic E-state index is 0.0532. The summed E-state index contributed by atoms with van der Waals surface area (Å²) >= 11 is 0. The average Bonchev–Trinajstić information content (AvgIpc) is 3.12. The number of carbonyl (C=O) groups excluding carboxylic acids is 1. The van der Waals surface area contributed by atoms with Crippen molar-refractivity contribution in [1.29, 1.82) is 0 Å². The molecule has 0 saturated carbocycles.